The number of nitrogens with two attached hydrogens (primary N) is 1. The molecule has 3 rings (SSSR count). The highest BCUT2D eigenvalue weighted by atomic mass is 16.1. The molecule has 0 aliphatic carbocycles. The van der Waals surface area contributed by atoms with E-state index in [2.05, 4.69) is 15.2 Å². The number of amides is 1. The predicted molar refractivity (Wildman–Crippen MR) is 85.2 cm³/mol. The van der Waals surface area contributed by atoms with Crippen LogP contribution in [-0.2, 0) is 4.79 Å². The Balaban J connectivity index is 1.97. The molecule has 2 aromatic rings. The summed E-state index contributed by atoms with van der Waals surface area (Å²) in [6.07, 6.45) is 5.56. The maximum absolute atomic E-state index is 11.9. The Labute approximate surface area is 124 Å². The quantitative estimate of drug-likeness (QED) is 0.825. The Morgan fingerprint density at radius 3 is 3.05 bits per heavy atom. The van der Waals surface area contributed by atoms with E-state index >= 15 is 0 Å². The zero-order valence-corrected chi connectivity index (χ0v) is 12.2. The number of anilines is 2. The van der Waals surface area contributed by atoms with Gasteiger partial charge in [-0.1, -0.05) is 0 Å². The van der Waals surface area contributed by atoms with Crippen molar-refractivity contribution in [3.8, 4) is 0 Å². The second-order valence-electron chi connectivity index (χ2n) is 5.49. The van der Waals surface area contributed by atoms with Crippen LogP contribution in [-0.4, -0.2) is 31.0 Å². The molecular formula is C16H20N4O. The summed E-state index contributed by atoms with van der Waals surface area (Å²) in [5.74, 6) is 0.180. The largest absolute Gasteiger partial charge is 0.398 e. The van der Waals surface area contributed by atoms with Crippen LogP contribution in [0, 0.1) is 5.92 Å². The summed E-state index contributed by atoms with van der Waals surface area (Å²) in [5, 5.41) is 4.83. The molecular weight excluding hydrogens is 264 g/mol. The number of hydrogen-bond donors (Lipinski definition) is 2. The number of nitrogens with zero attached hydrogens (tertiary/aromatic N) is 2. The van der Waals surface area contributed by atoms with Crippen LogP contribution in [0.3, 0.4) is 0 Å². The topological polar surface area (TPSA) is 71.2 Å². The van der Waals surface area contributed by atoms with Crippen molar-refractivity contribution in [3.63, 3.8) is 0 Å². The number of carbonyl (C=O) groups is 1. The lowest BCUT2D eigenvalue weighted by Gasteiger charge is -2.34. The zero-order chi connectivity index (χ0) is 14.8. The van der Waals surface area contributed by atoms with Crippen LogP contribution in [0.2, 0.25) is 0 Å². The fraction of sp³-hybridized carbons (Fsp3) is 0.375. The maximum atomic E-state index is 11.9. The Bertz CT molecular complexity index is 670. The molecule has 1 aromatic heterocycles. The van der Waals surface area contributed by atoms with Gasteiger partial charge < -0.3 is 16.0 Å². The average Bonchev–Trinajstić information content (AvgIpc) is 2.55. The fourth-order valence-electron chi connectivity index (χ4n) is 3.09. The normalized spacial score (nSPS) is 18.7. The minimum Gasteiger partial charge on any atom is -0.398 e. The third-order valence-electron chi connectivity index (χ3n) is 4.21. The number of nitrogens with one attached hydrogen (secondary N) is 1. The molecule has 0 radical (unpaired) electrons. The van der Waals surface area contributed by atoms with Crippen molar-refractivity contribution in [1.82, 2.24) is 10.3 Å². The monoisotopic (exact) mass is 284 g/mol. The maximum Gasteiger partial charge on any atom is 0.224 e. The van der Waals surface area contributed by atoms with Gasteiger partial charge in [0.1, 0.15) is 0 Å². The van der Waals surface area contributed by atoms with Gasteiger partial charge in [0.25, 0.3) is 0 Å². The molecule has 1 unspecified atom stereocenters. The second kappa shape index (κ2) is 5.60. The third kappa shape index (κ3) is 2.51. The summed E-state index contributed by atoms with van der Waals surface area (Å²) in [4.78, 5) is 18.3. The van der Waals surface area contributed by atoms with Crippen LogP contribution in [0.25, 0.3) is 10.8 Å². The first-order chi connectivity index (χ1) is 10.2. The Morgan fingerprint density at radius 2 is 2.24 bits per heavy atom. The molecule has 3 N–H and O–H groups in total. The lowest BCUT2D eigenvalue weighted by Crippen LogP contribution is -2.42. The fourth-order valence-corrected chi connectivity index (χ4v) is 3.09. The summed E-state index contributed by atoms with van der Waals surface area (Å²) in [6, 6.07) is 5.96. The SMILES string of the molecule is CNC(=O)C1CCCN(c2ccc(N)c3cnccc23)C1. The number of piperidine rings is 1. The van der Waals surface area contributed by atoms with Gasteiger partial charge in [0.2, 0.25) is 5.91 Å². The number of pyridine rings is 1. The summed E-state index contributed by atoms with van der Waals surface area (Å²) < 4.78 is 0. The van der Waals surface area contributed by atoms with Crippen molar-refractivity contribution < 1.29 is 4.79 Å². The molecule has 5 heteroatoms. The number of benzene rings is 1. The molecule has 0 bridgehead atoms. The summed E-state index contributed by atoms with van der Waals surface area (Å²) in [6.45, 7) is 1.72. The average molecular weight is 284 g/mol. The van der Waals surface area contributed by atoms with Crippen molar-refractivity contribution in [2.45, 2.75) is 12.8 Å². The lowest BCUT2D eigenvalue weighted by molar-refractivity contribution is -0.124. The van der Waals surface area contributed by atoms with E-state index in [0.717, 1.165) is 48.1 Å². The number of hydrogen-bond acceptors (Lipinski definition) is 4. The first-order valence-corrected chi connectivity index (χ1v) is 7.29. The summed E-state index contributed by atoms with van der Waals surface area (Å²) in [5.41, 5.74) is 7.90. The minimum absolute atomic E-state index is 0.0539. The second-order valence-corrected chi connectivity index (χ2v) is 5.49. The molecule has 1 aromatic carbocycles. The van der Waals surface area contributed by atoms with Crippen molar-refractivity contribution in [3.05, 3.63) is 30.6 Å². The lowest BCUT2D eigenvalue weighted by atomic mass is 9.96. The number of nitrogen functional groups attached to an aromatic ring is 1. The van der Waals surface area contributed by atoms with E-state index in [4.69, 9.17) is 5.73 Å². The van der Waals surface area contributed by atoms with Crippen molar-refractivity contribution in [1.29, 1.82) is 0 Å². The van der Waals surface area contributed by atoms with E-state index in [1.54, 1.807) is 19.4 Å². The van der Waals surface area contributed by atoms with Crippen LogP contribution in [0.4, 0.5) is 11.4 Å². The first kappa shape index (κ1) is 13.7. The summed E-state index contributed by atoms with van der Waals surface area (Å²) in [7, 11) is 1.70. The number of rotatable bonds is 2. The van der Waals surface area contributed by atoms with E-state index in [-0.39, 0.29) is 11.8 Å². The molecule has 0 spiro atoms. The molecule has 21 heavy (non-hydrogen) atoms. The van der Waals surface area contributed by atoms with Gasteiger partial charge in [-0.05, 0) is 31.0 Å². The van der Waals surface area contributed by atoms with Crippen LogP contribution in [0.5, 0.6) is 0 Å². The van der Waals surface area contributed by atoms with Crippen LogP contribution in [0.15, 0.2) is 30.6 Å². The third-order valence-corrected chi connectivity index (χ3v) is 4.21. The van der Waals surface area contributed by atoms with Gasteiger partial charge in [0.15, 0.2) is 0 Å². The smallest absolute Gasteiger partial charge is 0.224 e. The van der Waals surface area contributed by atoms with Crippen molar-refractivity contribution in [2.75, 3.05) is 30.8 Å². The molecule has 1 aliphatic rings. The Hall–Kier alpha value is -2.30. The minimum atomic E-state index is 0.0539. The highest BCUT2D eigenvalue weighted by Crippen LogP contribution is 2.32. The van der Waals surface area contributed by atoms with E-state index in [1.165, 1.54) is 0 Å². The highest BCUT2D eigenvalue weighted by Gasteiger charge is 2.26. The Morgan fingerprint density at radius 1 is 1.38 bits per heavy atom. The zero-order valence-electron chi connectivity index (χ0n) is 12.2. The van der Waals surface area contributed by atoms with Gasteiger partial charge in [0, 0.05) is 54.7 Å². The molecule has 1 atom stereocenters. The van der Waals surface area contributed by atoms with E-state index < -0.39 is 0 Å². The van der Waals surface area contributed by atoms with Crippen LogP contribution >= 0.6 is 0 Å². The van der Waals surface area contributed by atoms with Gasteiger partial charge in [-0.25, -0.2) is 0 Å². The van der Waals surface area contributed by atoms with E-state index in [0.29, 0.717) is 0 Å². The summed E-state index contributed by atoms with van der Waals surface area (Å²) >= 11 is 0. The van der Waals surface area contributed by atoms with Gasteiger partial charge in [-0.15, -0.1) is 0 Å². The molecule has 1 amide bonds. The van der Waals surface area contributed by atoms with Gasteiger partial charge in [-0.3, -0.25) is 9.78 Å². The number of aromatic nitrogens is 1. The van der Waals surface area contributed by atoms with Crippen molar-refractivity contribution >= 4 is 28.1 Å². The molecule has 1 fully saturated rings. The van der Waals surface area contributed by atoms with Crippen LogP contribution in [0.1, 0.15) is 12.8 Å². The van der Waals surface area contributed by atoms with E-state index in [9.17, 15) is 4.79 Å². The Kier molecular flexibility index (Phi) is 3.64. The molecule has 1 saturated heterocycles. The van der Waals surface area contributed by atoms with Gasteiger partial charge in [0.05, 0.1) is 5.92 Å². The van der Waals surface area contributed by atoms with Gasteiger partial charge in [-0.2, -0.15) is 0 Å². The molecule has 110 valence electrons. The van der Waals surface area contributed by atoms with Gasteiger partial charge >= 0.3 is 0 Å². The molecule has 5 nitrogen and oxygen atoms in total. The first-order valence-electron chi connectivity index (χ1n) is 7.29. The standard InChI is InChI=1S/C16H20N4O/c1-18-16(21)11-3-2-8-20(10-11)15-5-4-14(17)13-9-19-7-6-12(13)15/h4-7,9,11H,2-3,8,10,17H2,1H3,(H,18,21). The number of fused-ring (bicyclic) bond motifs is 1. The molecule has 1 aliphatic heterocycles. The number of carbonyl (C=O) groups excluding carboxylic acids is 1. The highest BCUT2D eigenvalue weighted by molar-refractivity contribution is 6.01. The molecule has 2 heterocycles. The van der Waals surface area contributed by atoms with Crippen molar-refractivity contribution in [2.24, 2.45) is 5.92 Å². The van der Waals surface area contributed by atoms with E-state index in [1.807, 2.05) is 18.2 Å². The molecule has 0 saturated carbocycles. The van der Waals surface area contributed by atoms with Crippen LogP contribution < -0.4 is 16.0 Å². The predicted octanol–water partition coefficient (Wildman–Crippen LogP) is 1.78.